The average molecular weight is 324 g/mol. The van der Waals surface area contributed by atoms with Crippen molar-refractivity contribution in [1.82, 2.24) is 4.90 Å². The molecule has 2 heteroatoms. The number of allylic oxidation sites excluding steroid dienone is 1. The summed E-state index contributed by atoms with van der Waals surface area (Å²) in [5, 5.41) is 0. The van der Waals surface area contributed by atoms with E-state index in [9.17, 15) is 0 Å². The third kappa shape index (κ3) is 3.62. The molecule has 1 unspecified atom stereocenters. The Labute approximate surface area is 142 Å². The van der Waals surface area contributed by atoms with Crippen LogP contribution in [0.15, 0.2) is 43.0 Å². The zero-order valence-electron chi connectivity index (χ0n) is 14.8. The minimum Gasteiger partial charge on any atom is -0.276 e. The van der Waals surface area contributed by atoms with Gasteiger partial charge in [0.1, 0.15) is 8.07 Å². The number of nitrogens with zero attached hydrogens (tertiary/aromatic N) is 1. The van der Waals surface area contributed by atoms with Crippen molar-refractivity contribution in [3.63, 3.8) is 0 Å². The van der Waals surface area contributed by atoms with Crippen molar-refractivity contribution in [2.24, 2.45) is 5.92 Å². The van der Waals surface area contributed by atoms with Gasteiger partial charge in [0.15, 0.2) is 0 Å². The molecule has 3 rings (SSSR count). The molecular weight excluding hydrogens is 294 g/mol. The fourth-order valence-corrected chi connectivity index (χ4v) is 4.49. The molecule has 1 aliphatic carbocycles. The van der Waals surface area contributed by atoms with Crippen LogP contribution in [0.4, 0.5) is 0 Å². The smallest absolute Gasteiger partial charge is 0.129 e. The Hall–Kier alpha value is -1.30. The molecule has 0 radical (unpaired) electrons. The van der Waals surface area contributed by atoms with Crippen LogP contribution in [0.2, 0.25) is 19.6 Å². The molecule has 1 nitrogen and oxygen atoms in total. The highest BCUT2D eigenvalue weighted by molar-refractivity contribution is 6.83. The van der Waals surface area contributed by atoms with E-state index in [0.717, 1.165) is 18.9 Å². The van der Waals surface area contributed by atoms with Crippen LogP contribution in [0.1, 0.15) is 31.2 Å². The van der Waals surface area contributed by atoms with Crippen molar-refractivity contribution < 1.29 is 0 Å². The minimum absolute atomic E-state index is 0.397. The first kappa shape index (κ1) is 16.6. The summed E-state index contributed by atoms with van der Waals surface area (Å²) < 4.78 is 0. The van der Waals surface area contributed by atoms with E-state index >= 15 is 0 Å². The monoisotopic (exact) mass is 323 g/mol. The maximum absolute atomic E-state index is 3.86. The molecule has 0 aromatic heterocycles. The summed E-state index contributed by atoms with van der Waals surface area (Å²) in [5.74, 6) is 4.53. The predicted octanol–water partition coefficient (Wildman–Crippen LogP) is 4.87. The average Bonchev–Trinajstić information content (AvgIpc) is 3.09. The Morgan fingerprint density at radius 1 is 1.26 bits per heavy atom. The zero-order valence-corrected chi connectivity index (χ0v) is 15.8. The molecule has 2 fully saturated rings. The molecule has 1 saturated heterocycles. The molecule has 1 saturated carbocycles. The Morgan fingerprint density at radius 2 is 1.96 bits per heavy atom. The van der Waals surface area contributed by atoms with Crippen molar-refractivity contribution in [2.45, 2.75) is 63.4 Å². The molecule has 23 heavy (non-hydrogen) atoms. The Morgan fingerprint density at radius 3 is 2.57 bits per heavy atom. The molecule has 1 aliphatic heterocycles. The van der Waals surface area contributed by atoms with Gasteiger partial charge in [-0.05, 0) is 37.2 Å². The molecular formula is C21H29NSi. The lowest BCUT2D eigenvalue weighted by Gasteiger charge is -2.36. The molecule has 2 aliphatic rings. The van der Waals surface area contributed by atoms with Crippen LogP contribution in [0.25, 0.3) is 0 Å². The van der Waals surface area contributed by atoms with Crippen LogP contribution in [-0.4, -0.2) is 24.6 Å². The molecule has 1 heterocycles. The number of rotatable bonds is 5. The maximum atomic E-state index is 3.86. The zero-order chi connectivity index (χ0) is 16.5. The summed E-state index contributed by atoms with van der Waals surface area (Å²) >= 11 is 0. The molecule has 2 atom stereocenters. The number of hydrogen-bond donors (Lipinski definition) is 0. The second-order valence-electron chi connectivity index (χ2n) is 8.28. The van der Waals surface area contributed by atoms with E-state index < -0.39 is 8.07 Å². The second-order valence-corrected chi connectivity index (χ2v) is 13.0. The van der Waals surface area contributed by atoms with E-state index in [1.54, 1.807) is 0 Å². The molecule has 122 valence electrons. The van der Waals surface area contributed by atoms with Gasteiger partial charge in [-0.2, -0.15) is 0 Å². The van der Waals surface area contributed by atoms with Gasteiger partial charge in [-0.1, -0.05) is 62.0 Å². The number of hydrogen-bond acceptors (Lipinski definition) is 1. The van der Waals surface area contributed by atoms with E-state index in [2.05, 4.69) is 79.0 Å². The van der Waals surface area contributed by atoms with Crippen LogP contribution in [0.5, 0.6) is 0 Å². The summed E-state index contributed by atoms with van der Waals surface area (Å²) in [6.07, 6.45) is 7.18. The van der Waals surface area contributed by atoms with Gasteiger partial charge in [-0.3, -0.25) is 4.90 Å². The van der Waals surface area contributed by atoms with Crippen molar-refractivity contribution in [1.29, 1.82) is 0 Å². The summed E-state index contributed by atoms with van der Waals surface area (Å²) in [6.45, 7) is 11.9. The lowest BCUT2D eigenvalue weighted by Crippen LogP contribution is -2.37. The van der Waals surface area contributed by atoms with Crippen LogP contribution < -0.4 is 0 Å². The molecule has 1 aromatic rings. The molecule has 0 amide bonds. The first-order valence-corrected chi connectivity index (χ1v) is 12.4. The third-order valence-corrected chi connectivity index (χ3v) is 6.06. The topological polar surface area (TPSA) is 3.01 Å². The van der Waals surface area contributed by atoms with Gasteiger partial charge in [0, 0.05) is 12.1 Å². The van der Waals surface area contributed by atoms with Crippen LogP contribution in [0, 0.1) is 17.4 Å². The predicted molar refractivity (Wildman–Crippen MR) is 102 cm³/mol. The SMILES string of the molecule is C=CCCC1CC2(C1)[C@@H](C#C[Si](C)(C)C)N2Cc1ccccc1. The maximum Gasteiger partial charge on any atom is 0.129 e. The third-order valence-electron chi connectivity index (χ3n) is 5.17. The van der Waals surface area contributed by atoms with E-state index in [-0.39, 0.29) is 0 Å². The lowest BCUT2D eigenvalue weighted by molar-refractivity contribution is 0.166. The van der Waals surface area contributed by atoms with Crippen LogP contribution in [0.3, 0.4) is 0 Å². The highest BCUT2D eigenvalue weighted by atomic mass is 28.3. The lowest BCUT2D eigenvalue weighted by atomic mass is 9.70. The molecule has 1 aromatic carbocycles. The molecule has 0 N–H and O–H groups in total. The number of benzene rings is 1. The molecule has 0 bridgehead atoms. The normalized spacial score (nSPS) is 31.9. The van der Waals surface area contributed by atoms with Crippen molar-refractivity contribution in [2.75, 3.05) is 0 Å². The van der Waals surface area contributed by atoms with Gasteiger partial charge in [0.05, 0.1) is 6.04 Å². The highest BCUT2D eigenvalue weighted by Crippen LogP contribution is 2.59. The largest absolute Gasteiger partial charge is 0.276 e. The van der Waals surface area contributed by atoms with Gasteiger partial charge in [0.2, 0.25) is 0 Å². The highest BCUT2D eigenvalue weighted by Gasteiger charge is 2.67. The summed E-state index contributed by atoms with van der Waals surface area (Å²) in [4.78, 5) is 2.65. The first-order valence-electron chi connectivity index (χ1n) is 8.89. The summed E-state index contributed by atoms with van der Waals surface area (Å²) in [6, 6.07) is 11.4. The van der Waals surface area contributed by atoms with Crippen molar-refractivity contribution >= 4 is 8.07 Å². The Kier molecular flexibility index (Phi) is 4.53. The minimum atomic E-state index is -1.29. The summed E-state index contributed by atoms with van der Waals surface area (Å²) in [7, 11) is -1.29. The van der Waals surface area contributed by atoms with Crippen molar-refractivity contribution in [3.8, 4) is 11.5 Å². The van der Waals surface area contributed by atoms with Gasteiger partial charge in [0.25, 0.3) is 0 Å². The second kappa shape index (κ2) is 6.30. The van der Waals surface area contributed by atoms with E-state index in [0.29, 0.717) is 11.6 Å². The standard InChI is InChI=1S/C21H29NSi/c1-5-6-10-19-15-21(16-19)20(13-14-23(2,3)4)22(21)17-18-11-8-7-9-12-18/h5,7-9,11-12,19-20H,1,6,10,15-17H2,2-4H3/t19?,20-,21?,22?/m1/s1. The van der Waals surface area contributed by atoms with Crippen LogP contribution >= 0.6 is 0 Å². The summed E-state index contributed by atoms with van der Waals surface area (Å²) in [5.41, 5.74) is 5.42. The molecule has 1 spiro atoms. The fraction of sp³-hybridized carbons (Fsp3) is 0.524. The van der Waals surface area contributed by atoms with E-state index in [4.69, 9.17) is 0 Å². The van der Waals surface area contributed by atoms with E-state index in [1.807, 2.05) is 0 Å². The Balaban J connectivity index is 1.68. The van der Waals surface area contributed by atoms with Gasteiger partial charge in [-0.25, -0.2) is 0 Å². The van der Waals surface area contributed by atoms with Crippen LogP contribution in [-0.2, 0) is 6.54 Å². The first-order chi connectivity index (χ1) is 10.9. The Bertz CT molecular complexity index is 611. The van der Waals surface area contributed by atoms with Gasteiger partial charge in [-0.15, -0.1) is 12.1 Å². The van der Waals surface area contributed by atoms with E-state index in [1.165, 1.54) is 24.8 Å². The van der Waals surface area contributed by atoms with Gasteiger partial charge < -0.3 is 0 Å². The van der Waals surface area contributed by atoms with Gasteiger partial charge >= 0.3 is 0 Å². The quantitative estimate of drug-likeness (QED) is 0.323. The fourth-order valence-electron chi connectivity index (χ4n) is 3.92. The van der Waals surface area contributed by atoms with Crippen molar-refractivity contribution in [3.05, 3.63) is 48.6 Å².